The molecule has 5 nitrogen and oxygen atoms in total. The maximum Gasteiger partial charge on any atom is 0.311 e. The van der Waals surface area contributed by atoms with Crippen LogP contribution in [0.4, 0.5) is 0 Å². The van der Waals surface area contributed by atoms with Crippen LogP contribution < -0.4 is 0 Å². The molecule has 1 fully saturated rings. The summed E-state index contributed by atoms with van der Waals surface area (Å²) in [5, 5.41) is 9.15. The van der Waals surface area contributed by atoms with Gasteiger partial charge in [-0.3, -0.25) is 9.59 Å². The van der Waals surface area contributed by atoms with Crippen LogP contribution in [-0.4, -0.2) is 47.7 Å². The Morgan fingerprint density at radius 1 is 1.37 bits per heavy atom. The summed E-state index contributed by atoms with van der Waals surface area (Å²) in [4.78, 5) is 24.9. The Bertz CT molecular complexity index is 376. The van der Waals surface area contributed by atoms with Crippen LogP contribution in [0.1, 0.15) is 20.3 Å². The van der Waals surface area contributed by atoms with Crippen molar-refractivity contribution in [3.63, 3.8) is 0 Å². The van der Waals surface area contributed by atoms with Gasteiger partial charge < -0.3 is 14.7 Å². The largest absolute Gasteiger partial charge is 0.481 e. The zero-order chi connectivity index (χ0) is 14.3. The molecule has 1 aliphatic heterocycles. The number of amides is 1. The standard InChI is InChI=1S/C14H21NO4/c1-3-5-6-7-13(16)15(8-4-2)12-10-19-9-11(12)14(17)18/h3,5-7,11-12H,4,8-10H2,1-2H3,(H,17,18). The third-order valence-corrected chi connectivity index (χ3v) is 3.06. The van der Waals surface area contributed by atoms with Crippen LogP contribution in [-0.2, 0) is 14.3 Å². The predicted molar refractivity (Wildman–Crippen MR) is 71.7 cm³/mol. The smallest absolute Gasteiger partial charge is 0.311 e. The second-order valence-electron chi connectivity index (χ2n) is 4.47. The second kappa shape index (κ2) is 7.74. The average molecular weight is 267 g/mol. The van der Waals surface area contributed by atoms with Crippen LogP contribution in [0.25, 0.3) is 0 Å². The number of aliphatic carboxylic acids is 1. The highest BCUT2D eigenvalue weighted by Gasteiger charge is 2.39. The van der Waals surface area contributed by atoms with Gasteiger partial charge in [-0.2, -0.15) is 0 Å². The minimum atomic E-state index is -0.908. The molecule has 0 aromatic heterocycles. The van der Waals surface area contributed by atoms with Gasteiger partial charge in [-0.25, -0.2) is 0 Å². The van der Waals surface area contributed by atoms with Gasteiger partial charge in [0.15, 0.2) is 0 Å². The third-order valence-electron chi connectivity index (χ3n) is 3.06. The van der Waals surface area contributed by atoms with Crippen molar-refractivity contribution in [3.05, 3.63) is 24.3 Å². The predicted octanol–water partition coefficient (Wildman–Crippen LogP) is 1.46. The first-order valence-electron chi connectivity index (χ1n) is 6.52. The molecule has 0 bridgehead atoms. The van der Waals surface area contributed by atoms with E-state index in [2.05, 4.69) is 0 Å². The molecule has 1 saturated heterocycles. The van der Waals surface area contributed by atoms with E-state index in [0.29, 0.717) is 13.2 Å². The SMILES string of the molecule is CC=CC=CC(=O)N(CCC)C1COCC1C(=O)O. The summed E-state index contributed by atoms with van der Waals surface area (Å²) >= 11 is 0. The summed E-state index contributed by atoms with van der Waals surface area (Å²) in [5.74, 6) is -1.71. The van der Waals surface area contributed by atoms with Crippen LogP contribution in [0.2, 0.25) is 0 Å². The summed E-state index contributed by atoms with van der Waals surface area (Å²) in [6, 6.07) is -0.375. The molecule has 2 atom stereocenters. The minimum absolute atomic E-state index is 0.165. The molecule has 1 heterocycles. The highest BCUT2D eigenvalue weighted by molar-refractivity contribution is 5.88. The topological polar surface area (TPSA) is 66.8 Å². The highest BCUT2D eigenvalue weighted by atomic mass is 16.5. The van der Waals surface area contributed by atoms with E-state index in [0.717, 1.165) is 6.42 Å². The highest BCUT2D eigenvalue weighted by Crippen LogP contribution is 2.20. The summed E-state index contributed by atoms with van der Waals surface area (Å²) < 4.78 is 5.22. The van der Waals surface area contributed by atoms with Crippen molar-refractivity contribution >= 4 is 11.9 Å². The number of ether oxygens (including phenoxy) is 1. The van der Waals surface area contributed by atoms with E-state index in [1.165, 1.54) is 6.08 Å². The average Bonchev–Trinajstić information content (AvgIpc) is 2.85. The monoisotopic (exact) mass is 267 g/mol. The first-order valence-corrected chi connectivity index (χ1v) is 6.52. The summed E-state index contributed by atoms with van der Waals surface area (Å²) in [6.45, 7) is 4.83. The van der Waals surface area contributed by atoms with E-state index in [1.54, 1.807) is 17.1 Å². The van der Waals surface area contributed by atoms with Gasteiger partial charge in [0, 0.05) is 12.6 Å². The number of nitrogens with zero attached hydrogens (tertiary/aromatic N) is 1. The first kappa shape index (κ1) is 15.4. The summed E-state index contributed by atoms with van der Waals surface area (Å²) in [6.07, 6.45) is 7.50. The Kier molecular flexibility index (Phi) is 6.29. The molecule has 106 valence electrons. The van der Waals surface area contributed by atoms with Gasteiger partial charge in [-0.1, -0.05) is 25.2 Å². The van der Waals surface area contributed by atoms with Crippen LogP contribution in [0, 0.1) is 5.92 Å². The number of carboxylic acid groups (broad SMARTS) is 1. The first-order chi connectivity index (χ1) is 9.11. The molecule has 0 aliphatic carbocycles. The molecular formula is C14H21NO4. The van der Waals surface area contributed by atoms with Crippen LogP contribution >= 0.6 is 0 Å². The number of carboxylic acids is 1. The molecular weight excluding hydrogens is 246 g/mol. The van der Waals surface area contributed by atoms with Gasteiger partial charge in [0.1, 0.15) is 5.92 Å². The van der Waals surface area contributed by atoms with Crippen LogP contribution in [0.15, 0.2) is 24.3 Å². The number of hydrogen-bond acceptors (Lipinski definition) is 3. The number of carbonyl (C=O) groups is 2. The molecule has 5 heteroatoms. The molecule has 19 heavy (non-hydrogen) atoms. The number of allylic oxidation sites excluding steroid dienone is 3. The van der Waals surface area contributed by atoms with Crippen molar-refractivity contribution in [2.75, 3.05) is 19.8 Å². The molecule has 1 amide bonds. The Balaban J connectivity index is 2.81. The fourth-order valence-corrected chi connectivity index (χ4v) is 2.11. The minimum Gasteiger partial charge on any atom is -0.481 e. The molecule has 0 saturated carbocycles. The van der Waals surface area contributed by atoms with E-state index in [-0.39, 0.29) is 18.6 Å². The Morgan fingerprint density at radius 3 is 2.68 bits per heavy atom. The quantitative estimate of drug-likeness (QED) is 0.584. The van der Waals surface area contributed by atoms with Crippen molar-refractivity contribution in [3.8, 4) is 0 Å². The number of rotatable bonds is 6. The maximum absolute atomic E-state index is 12.1. The van der Waals surface area contributed by atoms with Gasteiger partial charge in [0.2, 0.25) is 5.91 Å². The van der Waals surface area contributed by atoms with E-state index in [1.807, 2.05) is 19.9 Å². The molecule has 0 aromatic rings. The third kappa shape index (κ3) is 4.21. The molecule has 0 aromatic carbocycles. The Morgan fingerprint density at radius 2 is 2.11 bits per heavy atom. The zero-order valence-corrected chi connectivity index (χ0v) is 11.4. The van der Waals surface area contributed by atoms with Gasteiger partial charge in [0.25, 0.3) is 0 Å². The van der Waals surface area contributed by atoms with Gasteiger partial charge in [-0.15, -0.1) is 0 Å². The van der Waals surface area contributed by atoms with Crippen LogP contribution in [0.5, 0.6) is 0 Å². The molecule has 1 aliphatic rings. The lowest BCUT2D eigenvalue weighted by molar-refractivity contribution is -0.144. The lowest BCUT2D eigenvalue weighted by atomic mass is 10.0. The van der Waals surface area contributed by atoms with Gasteiger partial charge >= 0.3 is 5.97 Å². The summed E-state index contributed by atoms with van der Waals surface area (Å²) in [5.41, 5.74) is 0. The molecule has 1 N–H and O–H groups in total. The van der Waals surface area contributed by atoms with Gasteiger partial charge in [-0.05, 0) is 13.3 Å². The number of carbonyl (C=O) groups excluding carboxylic acids is 1. The van der Waals surface area contributed by atoms with Crippen molar-refractivity contribution in [2.24, 2.45) is 5.92 Å². The Labute approximate surface area is 113 Å². The fourth-order valence-electron chi connectivity index (χ4n) is 2.11. The van der Waals surface area contributed by atoms with Crippen molar-refractivity contribution in [1.29, 1.82) is 0 Å². The normalized spacial score (nSPS) is 23.3. The summed E-state index contributed by atoms with van der Waals surface area (Å²) in [7, 11) is 0. The molecule has 1 rings (SSSR count). The number of hydrogen-bond donors (Lipinski definition) is 1. The van der Waals surface area contributed by atoms with E-state index in [4.69, 9.17) is 9.84 Å². The maximum atomic E-state index is 12.1. The van der Waals surface area contributed by atoms with Crippen LogP contribution in [0.3, 0.4) is 0 Å². The Hall–Kier alpha value is -1.62. The molecule has 0 radical (unpaired) electrons. The lowest BCUT2D eigenvalue weighted by Gasteiger charge is -2.29. The van der Waals surface area contributed by atoms with Crippen molar-refractivity contribution in [1.82, 2.24) is 4.90 Å². The second-order valence-corrected chi connectivity index (χ2v) is 4.47. The lowest BCUT2D eigenvalue weighted by Crippen LogP contribution is -2.46. The van der Waals surface area contributed by atoms with Gasteiger partial charge in [0.05, 0.1) is 19.3 Å². The zero-order valence-electron chi connectivity index (χ0n) is 11.4. The van der Waals surface area contributed by atoms with E-state index >= 15 is 0 Å². The van der Waals surface area contributed by atoms with Crippen molar-refractivity contribution in [2.45, 2.75) is 26.3 Å². The molecule has 2 unspecified atom stereocenters. The fraction of sp³-hybridized carbons (Fsp3) is 0.571. The van der Waals surface area contributed by atoms with Crippen molar-refractivity contribution < 1.29 is 19.4 Å². The van der Waals surface area contributed by atoms with E-state index < -0.39 is 11.9 Å². The molecule has 0 spiro atoms. The van der Waals surface area contributed by atoms with E-state index in [9.17, 15) is 9.59 Å².